The number of nitrogens with one attached hydrogen (secondary N) is 5. The van der Waals surface area contributed by atoms with Gasteiger partial charge in [-0.15, -0.1) is 0 Å². The quantitative estimate of drug-likeness (QED) is 0.296. The van der Waals surface area contributed by atoms with Gasteiger partial charge in [-0.25, -0.2) is 31.3 Å². The van der Waals surface area contributed by atoms with Crippen LogP contribution in [0.3, 0.4) is 0 Å². The molecule has 35 heavy (non-hydrogen) atoms. The largest absolute Gasteiger partial charge is 0.381 e. The first-order valence-electron chi connectivity index (χ1n) is 11.1. The molecule has 0 atom stereocenters. The molecule has 0 radical (unpaired) electrons. The van der Waals surface area contributed by atoms with E-state index in [0.717, 1.165) is 0 Å². The third-order valence-corrected chi connectivity index (χ3v) is 8.08. The lowest BCUT2D eigenvalue weighted by atomic mass is 10.3. The Balaban J connectivity index is 1.40. The molecule has 1 aliphatic rings. The van der Waals surface area contributed by atoms with Crippen LogP contribution in [0.2, 0.25) is 0 Å². The van der Waals surface area contributed by atoms with Gasteiger partial charge in [0, 0.05) is 31.9 Å². The van der Waals surface area contributed by atoms with Crippen molar-refractivity contribution >= 4 is 43.2 Å². The Hall–Kier alpha value is -3.26. The Morgan fingerprint density at radius 1 is 1.00 bits per heavy atom. The predicted octanol–water partition coefficient (Wildman–Crippen LogP) is 2.09. The fraction of sp³-hybridized carbons (Fsp3) is 0.273. The lowest BCUT2D eigenvalue weighted by molar-refractivity contribution is 0.578. The summed E-state index contributed by atoms with van der Waals surface area (Å²) in [5, 5.41) is 9.48. The van der Waals surface area contributed by atoms with E-state index in [4.69, 9.17) is 0 Å². The maximum absolute atomic E-state index is 12.5. The average molecular weight is 518 g/mol. The highest BCUT2D eigenvalue weighted by Crippen LogP contribution is 2.23. The molecule has 1 aliphatic heterocycles. The molecule has 0 fully saturated rings. The number of fused-ring (bicyclic) bond motifs is 4. The number of rotatable bonds is 7. The minimum atomic E-state index is -3.61. The van der Waals surface area contributed by atoms with Crippen molar-refractivity contribution in [1.82, 2.24) is 19.4 Å². The zero-order chi connectivity index (χ0) is 24.7. The summed E-state index contributed by atoms with van der Waals surface area (Å²) in [6.07, 6.45) is 2.72. The lowest BCUT2D eigenvalue weighted by Crippen LogP contribution is -2.26. The van der Waals surface area contributed by atoms with Crippen LogP contribution in [0.5, 0.6) is 0 Å². The van der Waals surface area contributed by atoms with Gasteiger partial charge in [0.25, 0.3) is 0 Å². The number of sulfonamides is 2. The molecule has 2 aromatic carbocycles. The molecule has 4 rings (SSSR count). The Kier molecular flexibility index (Phi) is 7.80. The Morgan fingerprint density at radius 3 is 2.66 bits per heavy atom. The molecule has 1 aromatic heterocycles. The van der Waals surface area contributed by atoms with E-state index in [2.05, 4.69) is 35.4 Å². The summed E-state index contributed by atoms with van der Waals surface area (Å²) in [7, 11) is -7.15. The maximum atomic E-state index is 12.5. The topological polar surface area (TPSA) is 154 Å². The molecule has 0 saturated carbocycles. The highest BCUT2D eigenvalue weighted by atomic mass is 32.2. The summed E-state index contributed by atoms with van der Waals surface area (Å²) < 4.78 is 54.8. The predicted molar refractivity (Wildman–Crippen MR) is 135 cm³/mol. The van der Waals surface area contributed by atoms with Crippen LogP contribution < -0.4 is 25.4 Å². The van der Waals surface area contributed by atoms with Crippen LogP contribution >= 0.6 is 0 Å². The van der Waals surface area contributed by atoms with Gasteiger partial charge in [0.15, 0.2) is 5.82 Å². The van der Waals surface area contributed by atoms with Gasteiger partial charge in [0.2, 0.25) is 26.0 Å². The lowest BCUT2D eigenvalue weighted by Gasteiger charge is -2.14. The Morgan fingerprint density at radius 2 is 1.83 bits per heavy atom. The number of aromatic nitrogens is 2. The second kappa shape index (κ2) is 11.0. The van der Waals surface area contributed by atoms with Crippen LogP contribution in [0.25, 0.3) is 0 Å². The third-order valence-electron chi connectivity index (χ3n) is 5.14. The molecule has 0 spiro atoms. The molecule has 0 saturated heterocycles. The third kappa shape index (κ3) is 6.66. The molecule has 0 unspecified atom stereocenters. The van der Waals surface area contributed by atoms with Gasteiger partial charge in [-0.2, -0.15) is 4.98 Å². The normalized spacial score (nSPS) is 15.4. The van der Waals surface area contributed by atoms with Crippen molar-refractivity contribution in [2.45, 2.75) is 22.6 Å². The van der Waals surface area contributed by atoms with Crippen LogP contribution in [0.15, 0.2) is 70.6 Å². The number of benzene rings is 2. The monoisotopic (exact) mass is 517 g/mol. The molecular weight excluding hydrogens is 490 g/mol. The fourth-order valence-corrected chi connectivity index (χ4v) is 5.58. The standard InChI is InChI=1S/C22H27N7O4S2/c30-34(31,18-8-2-1-3-9-18)26-13-5-11-23-20-16-25-22-28-17-7-4-10-19(15-17)35(32,33)27-14-6-12-24-21(20)29-22/h1-4,7-10,15-16,23,26-27H,5-6,11-14H2,(H2,24,25,28,29). The Bertz CT molecular complexity index is 1370. The maximum Gasteiger partial charge on any atom is 0.240 e. The van der Waals surface area contributed by atoms with Gasteiger partial charge >= 0.3 is 0 Å². The van der Waals surface area contributed by atoms with Crippen LogP contribution in [-0.2, 0) is 20.0 Å². The van der Waals surface area contributed by atoms with E-state index in [1.165, 1.54) is 12.1 Å². The van der Waals surface area contributed by atoms with Gasteiger partial charge < -0.3 is 16.0 Å². The molecule has 0 aliphatic carbocycles. The molecule has 186 valence electrons. The van der Waals surface area contributed by atoms with Gasteiger partial charge in [-0.3, -0.25) is 0 Å². The first-order chi connectivity index (χ1) is 16.8. The zero-order valence-electron chi connectivity index (χ0n) is 18.9. The second-order valence-corrected chi connectivity index (χ2v) is 11.3. The fourth-order valence-electron chi connectivity index (χ4n) is 3.36. The van der Waals surface area contributed by atoms with Crippen LogP contribution in [0.4, 0.5) is 23.1 Å². The van der Waals surface area contributed by atoms with Crippen LogP contribution in [-0.4, -0.2) is 53.0 Å². The molecular formula is C22H27N7O4S2. The smallest absolute Gasteiger partial charge is 0.240 e. The average Bonchev–Trinajstić information content (AvgIpc) is 2.85. The first kappa shape index (κ1) is 24.9. The number of nitrogens with zero attached hydrogens (tertiary/aromatic N) is 2. The van der Waals surface area contributed by atoms with E-state index in [9.17, 15) is 16.8 Å². The first-order valence-corrected chi connectivity index (χ1v) is 14.1. The molecule has 13 heteroatoms. The summed E-state index contributed by atoms with van der Waals surface area (Å²) >= 11 is 0. The summed E-state index contributed by atoms with van der Waals surface area (Å²) in [5.41, 5.74) is 1.20. The molecule has 2 heterocycles. The van der Waals surface area contributed by atoms with Crippen molar-refractivity contribution in [3.05, 3.63) is 60.8 Å². The van der Waals surface area contributed by atoms with E-state index in [1.807, 2.05) is 0 Å². The molecule has 4 bridgehead atoms. The van der Waals surface area contributed by atoms with E-state index < -0.39 is 20.0 Å². The van der Waals surface area contributed by atoms with Crippen molar-refractivity contribution in [3.63, 3.8) is 0 Å². The van der Waals surface area contributed by atoms with Crippen LogP contribution in [0, 0.1) is 0 Å². The number of anilines is 4. The van der Waals surface area contributed by atoms with Crippen molar-refractivity contribution in [3.8, 4) is 0 Å². The second-order valence-electron chi connectivity index (χ2n) is 7.78. The number of hydrogen-bond acceptors (Lipinski definition) is 9. The Labute approximate surface area is 204 Å². The summed E-state index contributed by atoms with van der Waals surface area (Å²) in [5.74, 6) is 0.876. The van der Waals surface area contributed by atoms with Crippen molar-refractivity contribution < 1.29 is 16.8 Å². The van der Waals surface area contributed by atoms with Gasteiger partial charge in [-0.1, -0.05) is 24.3 Å². The SMILES string of the molecule is O=S(=O)(NCCCNc1cnc2nc1NCCCNS(=O)(=O)c1cccc(c1)N2)c1ccccc1. The van der Waals surface area contributed by atoms with Crippen molar-refractivity contribution in [2.24, 2.45) is 0 Å². The minimum absolute atomic E-state index is 0.163. The zero-order valence-corrected chi connectivity index (χ0v) is 20.5. The molecule has 11 nitrogen and oxygen atoms in total. The summed E-state index contributed by atoms with van der Waals surface area (Å²) in [6.45, 7) is 1.52. The molecule has 5 N–H and O–H groups in total. The number of hydrogen-bond donors (Lipinski definition) is 5. The van der Waals surface area contributed by atoms with Crippen molar-refractivity contribution in [1.29, 1.82) is 0 Å². The minimum Gasteiger partial charge on any atom is -0.381 e. The van der Waals surface area contributed by atoms with Gasteiger partial charge in [0.05, 0.1) is 21.7 Å². The molecule has 0 amide bonds. The van der Waals surface area contributed by atoms with E-state index in [-0.39, 0.29) is 22.9 Å². The highest BCUT2D eigenvalue weighted by molar-refractivity contribution is 7.89. The van der Waals surface area contributed by atoms with E-state index in [0.29, 0.717) is 49.1 Å². The summed E-state index contributed by atoms with van der Waals surface area (Å²) in [6, 6.07) is 14.7. The van der Waals surface area contributed by atoms with E-state index >= 15 is 0 Å². The van der Waals surface area contributed by atoms with E-state index in [1.54, 1.807) is 48.7 Å². The van der Waals surface area contributed by atoms with Crippen LogP contribution in [0.1, 0.15) is 12.8 Å². The van der Waals surface area contributed by atoms with Gasteiger partial charge in [-0.05, 0) is 43.2 Å². The highest BCUT2D eigenvalue weighted by Gasteiger charge is 2.16. The summed E-state index contributed by atoms with van der Waals surface area (Å²) in [4.78, 5) is 9.25. The van der Waals surface area contributed by atoms with Crippen molar-refractivity contribution in [2.75, 3.05) is 42.1 Å². The van der Waals surface area contributed by atoms with Gasteiger partial charge in [0.1, 0.15) is 0 Å². The molecule has 3 aromatic rings.